The van der Waals surface area contributed by atoms with Crippen molar-refractivity contribution in [1.82, 2.24) is 4.98 Å². The van der Waals surface area contributed by atoms with Gasteiger partial charge in [-0.05, 0) is 31.0 Å². The number of benzene rings is 1. The Labute approximate surface area is 107 Å². The van der Waals surface area contributed by atoms with Crippen LogP contribution in [0.15, 0.2) is 24.4 Å². The van der Waals surface area contributed by atoms with E-state index < -0.39 is 0 Å². The van der Waals surface area contributed by atoms with Gasteiger partial charge in [0.05, 0.1) is 0 Å². The lowest BCUT2D eigenvalue weighted by atomic mass is 10.1. The molecule has 0 saturated carbocycles. The summed E-state index contributed by atoms with van der Waals surface area (Å²) >= 11 is 0. The highest BCUT2D eigenvalue weighted by Gasteiger charge is 2.06. The van der Waals surface area contributed by atoms with Crippen LogP contribution in [0, 0.1) is 12.8 Å². The molecule has 1 unspecified atom stereocenters. The van der Waals surface area contributed by atoms with Crippen LogP contribution in [0.2, 0.25) is 0 Å². The minimum absolute atomic E-state index is 0.181. The van der Waals surface area contributed by atoms with Crippen molar-refractivity contribution in [2.75, 3.05) is 24.2 Å². The van der Waals surface area contributed by atoms with E-state index in [1.54, 1.807) is 6.20 Å². The van der Waals surface area contributed by atoms with Gasteiger partial charge in [0.1, 0.15) is 0 Å². The number of aliphatic hydroxyl groups is 1. The topological polar surface area (TPSA) is 71.2 Å². The molecule has 0 saturated heterocycles. The number of nitrogens with two attached hydrogens (primary N) is 1. The van der Waals surface area contributed by atoms with E-state index in [1.165, 1.54) is 0 Å². The Morgan fingerprint density at radius 1 is 1.39 bits per heavy atom. The number of nitrogens with zero attached hydrogens (tertiary/aromatic N) is 1. The number of nitrogens with one attached hydrogen (secondary N) is 1. The first-order chi connectivity index (χ1) is 8.61. The summed E-state index contributed by atoms with van der Waals surface area (Å²) < 4.78 is 0. The molecule has 2 rings (SSSR count). The summed E-state index contributed by atoms with van der Waals surface area (Å²) in [6.07, 6.45) is 1.81. The summed E-state index contributed by atoms with van der Waals surface area (Å²) in [5, 5.41) is 14.4. The number of rotatable bonds is 4. The molecule has 4 heteroatoms. The monoisotopic (exact) mass is 245 g/mol. The number of aromatic nitrogens is 1. The Morgan fingerprint density at radius 2 is 2.17 bits per heavy atom. The van der Waals surface area contributed by atoms with Gasteiger partial charge in [0.25, 0.3) is 0 Å². The summed E-state index contributed by atoms with van der Waals surface area (Å²) in [6.45, 7) is 4.87. The first-order valence-corrected chi connectivity index (χ1v) is 6.11. The molecule has 18 heavy (non-hydrogen) atoms. The van der Waals surface area contributed by atoms with Crippen molar-refractivity contribution in [3.8, 4) is 0 Å². The molecule has 1 atom stereocenters. The number of anilines is 2. The molecule has 0 aliphatic carbocycles. The molecular weight excluding hydrogens is 226 g/mol. The molecule has 0 radical (unpaired) electrons. The minimum atomic E-state index is 0.181. The third-order valence-corrected chi connectivity index (χ3v) is 3.02. The highest BCUT2D eigenvalue weighted by Crippen LogP contribution is 2.28. The van der Waals surface area contributed by atoms with E-state index in [4.69, 9.17) is 10.8 Å². The molecule has 0 amide bonds. The van der Waals surface area contributed by atoms with Crippen LogP contribution in [0.5, 0.6) is 0 Å². The van der Waals surface area contributed by atoms with Gasteiger partial charge in [0.15, 0.2) is 0 Å². The van der Waals surface area contributed by atoms with Gasteiger partial charge in [-0.2, -0.15) is 0 Å². The SMILES string of the molecule is Cc1cc2c(NCC(C)CO)ccc(N)c2cn1. The van der Waals surface area contributed by atoms with E-state index in [-0.39, 0.29) is 12.5 Å². The van der Waals surface area contributed by atoms with Crippen LogP contribution in [0.4, 0.5) is 11.4 Å². The fraction of sp³-hybridized carbons (Fsp3) is 0.357. The van der Waals surface area contributed by atoms with E-state index >= 15 is 0 Å². The summed E-state index contributed by atoms with van der Waals surface area (Å²) in [4.78, 5) is 4.27. The quantitative estimate of drug-likeness (QED) is 0.722. The number of aryl methyl sites for hydroxylation is 1. The van der Waals surface area contributed by atoms with E-state index in [9.17, 15) is 0 Å². The van der Waals surface area contributed by atoms with Crippen molar-refractivity contribution in [1.29, 1.82) is 0 Å². The maximum atomic E-state index is 9.04. The molecule has 0 aliphatic heterocycles. The van der Waals surface area contributed by atoms with Gasteiger partial charge in [-0.3, -0.25) is 4.98 Å². The Hall–Kier alpha value is -1.81. The van der Waals surface area contributed by atoms with Crippen molar-refractivity contribution in [3.63, 3.8) is 0 Å². The van der Waals surface area contributed by atoms with E-state index in [2.05, 4.69) is 10.3 Å². The highest BCUT2D eigenvalue weighted by atomic mass is 16.3. The van der Waals surface area contributed by atoms with Crippen molar-refractivity contribution in [2.24, 2.45) is 5.92 Å². The minimum Gasteiger partial charge on any atom is -0.398 e. The number of fused-ring (bicyclic) bond motifs is 1. The smallest absolute Gasteiger partial charge is 0.0473 e. The predicted octanol–water partition coefficient (Wildman–Crippen LogP) is 2.17. The molecule has 0 aliphatic rings. The average molecular weight is 245 g/mol. The third kappa shape index (κ3) is 2.54. The number of hydrogen-bond acceptors (Lipinski definition) is 4. The summed E-state index contributed by atoms with van der Waals surface area (Å²) in [7, 11) is 0. The number of hydrogen-bond donors (Lipinski definition) is 3. The second-order valence-corrected chi connectivity index (χ2v) is 4.74. The van der Waals surface area contributed by atoms with Crippen LogP contribution >= 0.6 is 0 Å². The van der Waals surface area contributed by atoms with Gasteiger partial charge in [-0.1, -0.05) is 6.92 Å². The Balaban J connectivity index is 2.38. The molecule has 2 aromatic rings. The van der Waals surface area contributed by atoms with Gasteiger partial charge in [-0.15, -0.1) is 0 Å². The average Bonchev–Trinajstić information content (AvgIpc) is 2.37. The van der Waals surface area contributed by atoms with Gasteiger partial charge < -0.3 is 16.2 Å². The maximum Gasteiger partial charge on any atom is 0.0473 e. The molecule has 4 nitrogen and oxygen atoms in total. The van der Waals surface area contributed by atoms with Crippen molar-refractivity contribution < 1.29 is 5.11 Å². The summed E-state index contributed by atoms with van der Waals surface area (Å²) in [5.41, 5.74) is 8.68. The van der Waals surface area contributed by atoms with Crippen LogP contribution in [-0.4, -0.2) is 23.2 Å². The lowest BCUT2D eigenvalue weighted by Gasteiger charge is -2.14. The molecule has 96 valence electrons. The van der Waals surface area contributed by atoms with Crippen LogP contribution in [0.3, 0.4) is 0 Å². The summed E-state index contributed by atoms with van der Waals surface area (Å²) in [5.74, 6) is 0.223. The molecule has 4 N–H and O–H groups in total. The molecular formula is C14H19N3O. The van der Waals surface area contributed by atoms with Crippen LogP contribution in [0.25, 0.3) is 10.8 Å². The largest absolute Gasteiger partial charge is 0.398 e. The maximum absolute atomic E-state index is 9.04. The van der Waals surface area contributed by atoms with E-state index in [0.29, 0.717) is 0 Å². The highest BCUT2D eigenvalue weighted by molar-refractivity contribution is 6.00. The third-order valence-electron chi connectivity index (χ3n) is 3.02. The van der Waals surface area contributed by atoms with Crippen LogP contribution < -0.4 is 11.1 Å². The Bertz CT molecular complexity index is 554. The predicted molar refractivity (Wildman–Crippen MR) is 75.6 cm³/mol. The van der Waals surface area contributed by atoms with Gasteiger partial charge in [-0.25, -0.2) is 0 Å². The Morgan fingerprint density at radius 3 is 2.89 bits per heavy atom. The zero-order valence-electron chi connectivity index (χ0n) is 10.8. The van der Waals surface area contributed by atoms with Crippen LogP contribution in [-0.2, 0) is 0 Å². The molecule has 0 bridgehead atoms. The lowest BCUT2D eigenvalue weighted by molar-refractivity contribution is 0.244. The normalized spacial score (nSPS) is 12.6. The molecule has 0 fully saturated rings. The number of nitrogen functional groups attached to an aromatic ring is 1. The molecule has 1 aromatic carbocycles. The van der Waals surface area contributed by atoms with Crippen molar-refractivity contribution in [3.05, 3.63) is 30.1 Å². The van der Waals surface area contributed by atoms with Gasteiger partial charge >= 0.3 is 0 Å². The first-order valence-electron chi connectivity index (χ1n) is 6.11. The summed E-state index contributed by atoms with van der Waals surface area (Å²) in [6, 6.07) is 5.88. The zero-order chi connectivity index (χ0) is 13.1. The van der Waals surface area contributed by atoms with Gasteiger partial charge in [0, 0.05) is 47.2 Å². The molecule has 1 aromatic heterocycles. The molecule has 1 heterocycles. The van der Waals surface area contributed by atoms with E-state index in [0.717, 1.165) is 34.4 Å². The standard InChI is InChI=1S/C14H19N3O/c1-9(8-18)6-17-14-4-3-13(15)12-7-16-10(2)5-11(12)14/h3-5,7,9,17-18H,6,8,15H2,1-2H3. The second kappa shape index (κ2) is 5.23. The lowest BCUT2D eigenvalue weighted by Crippen LogP contribution is -2.14. The fourth-order valence-electron chi connectivity index (χ4n) is 1.87. The van der Waals surface area contributed by atoms with Crippen molar-refractivity contribution in [2.45, 2.75) is 13.8 Å². The number of pyridine rings is 1. The van der Waals surface area contributed by atoms with Crippen molar-refractivity contribution >= 4 is 22.1 Å². The van der Waals surface area contributed by atoms with Crippen LogP contribution in [0.1, 0.15) is 12.6 Å². The van der Waals surface area contributed by atoms with Gasteiger partial charge in [0.2, 0.25) is 0 Å². The zero-order valence-corrected chi connectivity index (χ0v) is 10.8. The van der Waals surface area contributed by atoms with E-state index in [1.807, 2.05) is 32.0 Å². The molecule has 0 spiro atoms. The fourth-order valence-corrected chi connectivity index (χ4v) is 1.87. The second-order valence-electron chi connectivity index (χ2n) is 4.74. The number of aliphatic hydroxyl groups excluding tert-OH is 1. The first kappa shape index (κ1) is 12.6. The Kier molecular flexibility index (Phi) is 3.67.